The third-order valence-corrected chi connectivity index (χ3v) is 5.05. The lowest BCUT2D eigenvalue weighted by Crippen LogP contribution is -2.12. The standard InChI is InChI=1S/C23H18N4O/c1-14-11-12-16(13-24-14)23(28)26-21-18-8-4-6-10-20(18)27-15(2)25-19-9-5-3-7-17(19)22(21)27/h3-13H,1-2H3,(H,26,28). The van der Waals surface area contributed by atoms with E-state index >= 15 is 0 Å². The van der Waals surface area contributed by atoms with Crippen LogP contribution in [0.5, 0.6) is 0 Å². The van der Waals surface area contributed by atoms with Gasteiger partial charge in [-0.15, -0.1) is 0 Å². The zero-order valence-corrected chi connectivity index (χ0v) is 15.6. The van der Waals surface area contributed by atoms with Gasteiger partial charge in [0, 0.05) is 22.7 Å². The summed E-state index contributed by atoms with van der Waals surface area (Å²) >= 11 is 0. The Balaban J connectivity index is 1.81. The molecule has 0 bridgehead atoms. The molecule has 5 nitrogen and oxygen atoms in total. The van der Waals surface area contributed by atoms with Crippen LogP contribution >= 0.6 is 0 Å². The second-order valence-corrected chi connectivity index (χ2v) is 6.89. The maximum absolute atomic E-state index is 13.0. The van der Waals surface area contributed by atoms with Crippen molar-refractivity contribution in [3.05, 3.63) is 83.9 Å². The Morgan fingerprint density at radius 2 is 1.68 bits per heavy atom. The van der Waals surface area contributed by atoms with Crippen molar-refractivity contribution in [1.29, 1.82) is 0 Å². The lowest BCUT2D eigenvalue weighted by Gasteiger charge is -2.09. The number of hydrogen-bond acceptors (Lipinski definition) is 3. The van der Waals surface area contributed by atoms with E-state index in [2.05, 4.69) is 20.8 Å². The maximum Gasteiger partial charge on any atom is 0.257 e. The molecule has 1 amide bonds. The van der Waals surface area contributed by atoms with Gasteiger partial charge >= 0.3 is 0 Å². The van der Waals surface area contributed by atoms with Gasteiger partial charge in [0.05, 0.1) is 27.8 Å². The third kappa shape index (κ3) is 2.44. The van der Waals surface area contributed by atoms with E-state index in [4.69, 9.17) is 4.98 Å². The Morgan fingerprint density at radius 3 is 2.46 bits per heavy atom. The second-order valence-electron chi connectivity index (χ2n) is 6.89. The fourth-order valence-electron chi connectivity index (χ4n) is 3.74. The molecule has 3 aromatic heterocycles. The second kappa shape index (κ2) is 6.16. The Morgan fingerprint density at radius 1 is 0.929 bits per heavy atom. The van der Waals surface area contributed by atoms with Gasteiger partial charge in [0.15, 0.2) is 0 Å². The largest absolute Gasteiger partial charge is 0.320 e. The van der Waals surface area contributed by atoms with E-state index in [1.165, 1.54) is 0 Å². The average Bonchev–Trinajstić information content (AvgIpc) is 3.04. The molecule has 3 heterocycles. The van der Waals surface area contributed by atoms with Crippen LogP contribution in [0.25, 0.3) is 27.3 Å². The van der Waals surface area contributed by atoms with E-state index in [9.17, 15) is 4.79 Å². The summed E-state index contributed by atoms with van der Waals surface area (Å²) in [7, 11) is 0. The first-order chi connectivity index (χ1) is 13.6. The molecular formula is C23H18N4O. The van der Waals surface area contributed by atoms with Crippen LogP contribution in [0.3, 0.4) is 0 Å². The first-order valence-electron chi connectivity index (χ1n) is 9.16. The summed E-state index contributed by atoms with van der Waals surface area (Å²) in [5, 5.41) is 5.12. The topological polar surface area (TPSA) is 59.3 Å². The van der Waals surface area contributed by atoms with Crippen LogP contribution in [0, 0.1) is 13.8 Å². The molecule has 0 atom stereocenters. The summed E-state index contributed by atoms with van der Waals surface area (Å²) in [4.78, 5) is 22.0. The molecule has 0 radical (unpaired) electrons. The number of anilines is 1. The molecule has 2 aromatic carbocycles. The maximum atomic E-state index is 13.0. The van der Waals surface area contributed by atoms with Crippen molar-refractivity contribution in [2.24, 2.45) is 0 Å². The highest BCUT2D eigenvalue weighted by molar-refractivity contribution is 6.18. The van der Waals surface area contributed by atoms with Gasteiger partial charge in [-0.2, -0.15) is 0 Å². The first-order valence-corrected chi connectivity index (χ1v) is 9.16. The Bertz CT molecular complexity index is 1370. The van der Waals surface area contributed by atoms with Crippen molar-refractivity contribution in [1.82, 2.24) is 14.4 Å². The van der Waals surface area contributed by atoms with Gasteiger partial charge in [-0.05, 0) is 38.1 Å². The molecule has 5 heteroatoms. The molecule has 0 saturated heterocycles. The van der Waals surface area contributed by atoms with Gasteiger partial charge in [-0.1, -0.05) is 36.4 Å². The number of amides is 1. The van der Waals surface area contributed by atoms with Gasteiger partial charge in [-0.25, -0.2) is 4.98 Å². The molecule has 0 fully saturated rings. The number of carbonyl (C=O) groups is 1. The SMILES string of the molecule is Cc1ccc(C(=O)Nc2c3ccccc3n3c(C)nc4ccccc4c23)cn1. The molecular weight excluding hydrogens is 348 g/mol. The van der Waals surface area contributed by atoms with E-state index < -0.39 is 0 Å². The number of nitrogens with zero attached hydrogens (tertiary/aromatic N) is 3. The molecule has 1 N–H and O–H groups in total. The van der Waals surface area contributed by atoms with Crippen LogP contribution in [-0.2, 0) is 0 Å². The number of hydrogen-bond donors (Lipinski definition) is 1. The Kier molecular flexibility index (Phi) is 3.62. The van der Waals surface area contributed by atoms with Crippen molar-refractivity contribution in [2.75, 3.05) is 5.32 Å². The number of aryl methyl sites for hydroxylation is 2. The van der Waals surface area contributed by atoms with Crippen LogP contribution < -0.4 is 5.32 Å². The van der Waals surface area contributed by atoms with E-state index in [0.29, 0.717) is 5.56 Å². The zero-order valence-electron chi connectivity index (χ0n) is 15.6. The highest BCUT2D eigenvalue weighted by atomic mass is 16.1. The minimum atomic E-state index is -0.177. The van der Waals surface area contributed by atoms with Crippen LogP contribution in [0.15, 0.2) is 66.9 Å². The summed E-state index contributed by atoms with van der Waals surface area (Å²) in [5.41, 5.74) is 5.09. The summed E-state index contributed by atoms with van der Waals surface area (Å²) in [6.45, 7) is 3.89. The van der Waals surface area contributed by atoms with Gasteiger partial charge in [0.2, 0.25) is 0 Å². The fourth-order valence-corrected chi connectivity index (χ4v) is 3.74. The lowest BCUT2D eigenvalue weighted by molar-refractivity contribution is 0.102. The van der Waals surface area contributed by atoms with Crippen LogP contribution in [0.4, 0.5) is 5.69 Å². The summed E-state index contributed by atoms with van der Waals surface area (Å²) in [6.07, 6.45) is 1.61. The van der Waals surface area contributed by atoms with Crippen molar-refractivity contribution in [2.45, 2.75) is 13.8 Å². The molecule has 0 aliphatic rings. The predicted molar refractivity (Wildman–Crippen MR) is 112 cm³/mol. The van der Waals surface area contributed by atoms with Gasteiger partial charge in [0.1, 0.15) is 5.82 Å². The predicted octanol–water partition coefficient (Wildman–Crippen LogP) is 4.90. The highest BCUT2D eigenvalue weighted by Crippen LogP contribution is 2.36. The van der Waals surface area contributed by atoms with Crippen LogP contribution in [-0.4, -0.2) is 20.3 Å². The van der Waals surface area contributed by atoms with Crippen molar-refractivity contribution in [3.8, 4) is 0 Å². The highest BCUT2D eigenvalue weighted by Gasteiger charge is 2.19. The normalized spacial score (nSPS) is 11.4. The molecule has 0 aliphatic carbocycles. The van der Waals surface area contributed by atoms with Crippen molar-refractivity contribution < 1.29 is 4.79 Å². The number of nitrogens with one attached hydrogen (secondary N) is 1. The average molecular weight is 366 g/mol. The molecule has 5 rings (SSSR count). The monoisotopic (exact) mass is 366 g/mol. The van der Waals surface area contributed by atoms with Crippen molar-refractivity contribution in [3.63, 3.8) is 0 Å². The van der Waals surface area contributed by atoms with Gasteiger partial charge in [0.25, 0.3) is 5.91 Å². The van der Waals surface area contributed by atoms with Gasteiger partial charge in [-0.3, -0.25) is 14.2 Å². The molecule has 0 unspecified atom stereocenters. The number of carbonyl (C=O) groups excluding carboxylic acids is 1. The Hall–Kier alpha value is -3.73. The van der Waals surface area contributed by atoms with E-state index in [1.54, 1.807) is 12.3 Å². The number of fused-ring (bicyclic) bond motifs is 5. The molecule has 136 valence electrons. The summed E-state index contributed by atoms with van der Waals surface area (Å²) < 4.78 is 2.11. The van der Waals surface area contributed by atoms with E-state index in [1.807, 2.05) is 62.4 Å². The molecule has 0 spiro atoms. The first kappa shape index (κ1) is 16.4. The van der Waals surface area contributed by atoms with E-state index in [0.717, 1.165) is 44.5 Å². The number of pyridine rings is 1. The molecule has 28 heavy (non-hydrogen) atoms. The third-order valence-electron chi connectivity index (χ3n) is 5.05. The minimum Gasteiger partial charge on any atom is -0.320 e. The van der Waals surface area contributed by atoms with Gasteiger partial charge < -0.3 is 5.32 Å². The zero-order chi connectivity index (χ0) is 19.3. The minimum absolute atomic E-state index is 0.177. The number of para-hydroxylation sites is 2. The van der Waals surface area contributed by atoms with Crippen LogP contribution in [0.1, 0.15) is 21.9 Å². The van der Waals surface area contributed by atoms with Crippen molar-refractivity contribution >= 4 is 38.9 Å². The summed E-state index contributed by atoms with van der Waals surface area (Å²) in [6, 6.07) is 19.7. The Labute approximate surface area is 161 Å². The fraction of sp³-hybridized carbons (Fsp3) is 0.0870. The molecule has 0 aliphatic heterocycles. The molecule has 0 saturated carbocycles. The van der Waals surface area contributed by atoms with E-state index in [-0.39, 0.29) is 5.91 Å². The van der Waals surface area contributed by atoms with Crippen LogP contribution in [0.2, 0.25) is 0 Å². The number of aromatic nitrogens is 3. The lowest BCUT2D eigenvalue weighted by atomic mass is 10.1. The number of rotatable bonds is 2. The quantitative estimate of drug-likeness (QED) is 0.483. The number of benzene rings is 2. The molecule has 5 aromatic rings. The summed E-state index contributed by atoms with van der Waals surface area (Å²) in [5.74, 6) is 0.701. The smallest absolute Gasteiger partial charge is 0.257 e.